The van der Waals surface area contributed by atoms with Gasteiger partial charge in [-0.1, -0.05) is 6.58 Å². The fourth-order valence-corrected chi connectivity index (χ4v) is 0.388. The zero-order chi connectivity index (χ0) is 6.41. The minimum atomic E-state index is 0.632. The van der Waals surface area contributed by atoms with Crippen molar-refractivity contribution in [2.24, 2.45) is 5.73 Å². The maximum absolute atomic E-state index is 9.87. The molecule has 0 saturated carbocycles. The molecule has 2 nitrogen and oxygen atoms in total. The largest absolute Gasteiger partial charge is 0.330 e. The Morgan fingerprint density at radius 3 is 2.75 bits per heavy atom. The number of carbonyl (C=O) groups is 1. The van der Waals surface area contributed by atoms with E-state index in [2.05, 4.69) is 6.58 Å². The third-order valence-electron chi connectivity index (χ3n) is 0.869. The molecule has 0 aliphatic rings. The Balaban J connectivity index is 3.11. The molecule has 0 aliphatic carbocycles. The van der Waals surface area contributed by atoms with Gasteiger partial charge in [-0.05, 0) is 25.0 Å². The van der Waals surface area contributed by atoms with Gasteiger partial charge < -0.3 is 5.73 Å². The van der Waals surface area contributed by atoms with Crippen molar-refractivity contribution in [3.63, 3.8) is 0 Å². The average molecular weight is 113 g/mol. The van der Waals surface area contributed by atoms with Crippen molar-refractivity contribution < 1.29 is 4.79 Å². The molecule has 2 heteroatoms. The Bertz CT molecular complexity index is 88.5. The van der Waals surface area contributed by atoms with Gasteiger partial charge in [0, 0.05) is 0 Å². The summed E-state index contributed by atoms with van der Waals surface area (Å²) in [6, 6.07) is 0. The SMILES string of the molecule is C=C(C=O)CCCN. The van der Waals surface area contributed by atoms with Crippen LogP contribution in [0.2, 0.25) is 0 Å². The van der Waals surface area contributed by atoms with E-state index in [0.29, 0.717) is 12.1 Å². The van der Waals surface area contributed by atoms with Crippen molar-refractivity contribution in [2.45, 2.75) is 12.8 Å². The van der Waals surface area contributed by atoms with Crippen molar-refractivity contribution in [1.82, 2.24) is 0 Å². The summed E-state index contributed by atoms with van der Waals surface area (Å²) in [5, 5.41) is 0. The third kappa shape index (κ3) is 3.56. The molecule has 0 aromatic carbocycles. The lowest BCUT2D eigenvalue weighted by Crippen LogP contribution is -1.98. The third-order valence-corrected chi connectivity index (χ3v) is 0.869. The van der Waals surface area contributed by atoms with Gasteiger partial charge >= 0.3 is 0 Å². The lowest BCUT2D eigenvalue weighted by atomic mass is 10.2. The average Bonchev–Trinajstić information content (AvgIpc) is 1.83. The molecule has 0 atom stereocenters. The summed E-state index contributed by atoms with van der Waals surface area (Å²) in [5.74, 6) is 0. The first-order chi connectivity index (χ1) is 3.81. The molecule has 0 unspecified atom stereocenters. The van der Waals surface area contributed by atoms with Gasteiger partial charge in [0.1, 0.15) is 6.29 Å². The highest BCUT2D eigenvalue weighted by molar-refractivity contribution is 5.71. The quantitative estimate of drug-likeness (QED) is 0.425. The maximum atomic E-state index is 9.87. The van der Waals surface area contributed by atoms with E-state index in [1.165, 1.54) is 0 Å². The standard InChI is InChI=1S/C6H11NO/c1-6(5-8)3-2-4-7/h5H,1-4,7H2. The van der Waals surface area contributed by atoms with Gasteiger partial charge in [-0.15, -0.1) is 0 Å². The summed E-state index contributed by atoms with van der Waals surface area (Å²) < 4.78 is 0. The fraction of sp³-hybridized carbons (Fsp3) is 0.500. The lowest BCUT2D eigenvalue weighted by molar-refractivity contribution is -0.105. The molecule has 0 bridgehead atoms. The zero-order valence-electron chi connectivity index (χ0n) is 4.89. The Morgan fingerprint density at radius 1 is 1.75 bits per heavy atom. The van der Waals surface area contributed by atoms with Crippen LogP contribution in [0.25, 0.3) is 0 Å². The number of aldehydes is 1. The van der Waals surface area contributed by atoms with Crippen molar-refractivity contribution in [3.8, 4) is 0 Å². The molecule has 2 N–H and O–H groups in total. The summed E-state index contributed by atoms with van der Waals surface area (Å²) >= 11 is 0. The second-order valence-electron chi connectivity index (χ2n) is 1.67. The number of hydrogen-bond acceptors (Lipinski definition) is 2. The smallest absolute Gasteiger partial charge is 0.145 e. The Morgan fingerprint density at radius 2 is 2.38 bits per heavy atom. The van der Waals surface area contributed by atoms with Crippen molar-refractivity contribution in [1.29, 1.82) is 0 Å². The first kappa shape index (κ1) is 7.37. The normalized spacial score (nSPS) is 8.62. The van der Waals surface area contributed by atoms with Gasteiger partial charge in [0.15, 0.2) is 0 Å². The van der Waals surface area contributed by atoms with Crippen LogP contribution >= 0.6 is 0 Å². The number of allylic oxidation sites excluding steroid dienone is 1. The van der Waals surface area contributed by atoms with E-state index in [9.17, 15) is 4.79 Å². The van der Waals surface area contributed by atoms with Gasteiger partial charge in [-0.25, -0.2) is 0 Å². The van der Waals surface area contributed by atoms with Crippen LogP contribution in [0.15, 0.2) is 12.2 Å². The van der Waals surface area contributed by atoms with Crippen molar-refractivity contribution in [3.05, 3.63) is 12.2 Å². The molecule has 0 aromatic rings. The lowest BCUT2D eigenvalue weighted by Gasteiger charge is -1.91. The summed E-state index contributed by atoms with van der Waals surface area (Å²) in [6.45, 7) is 4.12. The second kappa shape index (κ2) is 4.53. The van der Waals surface area contributed by atoms with Crippen LogP contribution in [0, 0.1) is 0 Å². The van der Waals surface area contributed by atoms with E-state index in [0.717, 1.165) is 19.1 Å². The minimum absolute atomic E-state index is 0.632. The summed E-state index contributed by atoms with van der Waals surface area (Å²) in [4.78, 5) is 9.87. The molecular formula is C6H11NO. The molecule has 0 aromatic heterocycles. The van der Waals surface area contributed by atoms with Crippen LogP contribution in [0.3, 0.4) is 0 Å². The predicted molar refractivity (Wildman–Crippen MR) is 33.5 cm³/mol. The van der Waals surface area contributed by atoms with Gasteiger partial charge in [-0.2, -0.15) is 0 Å². The molecule has 0 spiro atoms. The highest BCUT2D eigenvalue weighted by Gasteiger charge is 1.87. The van der Waals surface area contributed by atoms with E-state index < -0.39 is 0 Å². The van der Waals surface area contributed by atoms with Crippen molar-refractivity contribution >= 4 is 6.29 Å². The van der Waals surface area contributed by atoms with Gasteiger partial charge in [-0.3, -0.25) is 4.79 Å². The number of carbonyl (C=O) groups excluding carboxylic acids is 1. The molecular weight excluding hydrogens is 102 g/mol. The number of hydrogen-bond donors (Lipinski definition) is 1. The number of rotatable bonds is 4. The first-order valence-corrected chi connectivity index (χ1v) is 2.64. The van der Waals surface area contributed by atoms with Crippen molar-refractivity contribution in [2.75, 3.05) is 6.54 Å². The van der Waals surface area contributed by atoms with E-state index in [-0.39, 0.29) is 0 Å². The van der Waals surface area contributed by atoms with Crippen LogP contribution in [0.5, 0.6) is 0 Å². The molecule has 0 aliphatic heterocycles. The Labute approximate surface area is 49.4 Å². The van der Waals surface area contributed by atoms with Crippen LogP contribution in [0.1, 0.15) is 12.8 Å². The molecule has 0 amide bonds. The van der Waals surface area contributed by atoms with Gasteiger partial charge in [0.05, 0.1) is 0 Å². The van der Waals surface area contributed by atoms with Gasteiger partial charge in [0.2, 0.25) is 0 Å². The molecule has 46 valence electrons. The minimum Gasteiger partial charge on any atom is -0.330 e. The molecule has 0 heterocycles. The monoisotopic (exact) mass is 113 g/mol. The summed E-state index contributed by atoms with van der Waals surface area (Å²) in [5.41, 5.74) is 5.81. The van der Waals surface area contributed by atoms with Crippen LogP contribution in [0.4, 0.5) is 0 Å². The van der Waals surface area contributed by atoms with Crippen LogP contribution in [-0.4, -0.2) is 12.8 Å². The fourth-order valence-electron chi connectivity index (χ4n) is 0.388. The highest BCUT2D eigenvalue weighted by Crippen LogP contribution is 1.95. The summed E-state index contributed by atoms with van der Waals surface area (Å²) in [6.07, 6.45) is 2.37. The van der Waals surface area contributed by atoms with E-state index in [4.69, 9.17) is 5.73 Å². The predicted octanol–water partition coefficient (Wildman–Crippen LogP) is 0.480. The molecule has 8 heavy (non-hydrogen) atoms. The van der Waals surface area contributed by atoms with E-state index in [1.54, 1.807) is 0 Å². The zero-order valence-corrected chi connectivity index (χ0v) is 4.89. The second-order valence-corrected chi connectivity index (χ2v) is 1.67. The van der Waals surface area contributed by atoms with Crippen LogP contribution < -0.4 is 5.73 Å². The molecule has 0 rings (SSSR count). The Kier molecular flexibility index (Phi) is 4.17. The van der Waals surface area contributed by atoms with Gasteiger partial charge in [0.25, 0.3) is 0 Å². The van der Waals surface area contributed by atoms with E-state index in [1.807, 2.05) is 0 Å². The maximum Gasteiger partial charge on any atom is 0.145 e. The summed E-state index contributed by atoms with van der Waals surface area (Å²) in [7, 11) is 0. The van der Waals surface area contributed by atoms with Crippen LogP contribution in [-0.2, 0) is 4.79 Å². The highest BCUT2D eigenvalue weighted by atomic mass is 16.1. The number of nitrogens with two attached hydrogens (primary N) is 1. The first-order valence-electron chi connectivity index (χ1n) is 2.64. The molecule has 0 fully saturated rings. The molecule has 0 radical (unpaired) electrons. The topological polar surface area (TPSA) is 43.1 Å². The molecule has 0 saturated heterocycles. The van der Waals surface area contributed by atoms with E-state index >= 15 is 0 Å². The Hall–Kier alpha value is -0.630.